The number of carbonyl (C=O) groups is 1. The monoisotopic (exact) mass is 349 g/mol. The fourth-order valence-electron chi connectivity index (χ4n) is 2.34. The maximum atomic E-state index is 13.2. The molecule has 0 fully saturated rings. The predicted octanol–water partition coefficient (Wildman–Crippen LogP) is 3.90. The van der Waals surface area contributed by atoms with Gasteiger partial charge in [-0.1, -0.05) is 34.1 Å². The largest absolute Gasteiger partial charge is 0.479 e. The van der Waals surface area contributed by atoms with Crippen LogP contribution in [0.15, 0.2) is 46.9 Å². The Morgan fingerprint density at radius 1 is 1.29 bits per heavy atom. The van der Waals surface area contributed by atoms with Gasteiger partial charge in [-0.05, 0) is 36.8 Å². The second-order valence-corrected chi connectivity index (χ2v) is 5.74. The average Bonchev–Trinajstić information content (AvgIpc) is 2.46. The summed E-state index contributed by atoms with van der Waals surface area (Å²) in [5.41, 5.74) is 1.57. The third kappa shape index (κ3) is 2.65. The van der Waals surface area contributed by atoms with Crippen LogP contribution in [0.25, 0.3) is 0 Å². The molecule has 1 atom stereocenters. The quantitative estimate of drug-likeness (QED) is 0.822. The number of ether oxygens (including phenoxy) is 1. The third-order valence-electron chi connectivity index (χ3n) is 3.42. The van der Waals surface area contributed by atoms with E-state index in [9.17, 15) is 9.18 Å². The molecule has 21 heavy (non-hydrogen) atoms. The van der Waals surface area contributed by atoms with Crippen LogP contribution in [-0.2, 0) is 11.3 Å². The van der Waals surface area contributed by atoms with Crippen LogP contribution in [0, 0.1) is 5.82 Å². The molecule has 0 aromatic heterocycles. The Balaban J connectivity index is 1.99. The summed E-state index contributed by atoms with van der Waals surface area (Å²) < 4.78 is 19.4. The van der Waals surface area contributed by atoms with Crippen molar-refractivity contribution >= 4 is 27.5 Å². The van der Waals surface area contributed by atoms with Crippen LogP contribution in [-0.4, -0.2) is 12.0 Å². The van der Waals surface area contributed by atoms with Gasteiger partial charge in [-0.15, -0.1) is 0 Å². The second-order valence-electron chi connectivity index (χ2n) is 4.89. The van der Waals surface area contributed by atoms with Crippen molar-refractivity contribution in [3.63, 3.8) is 0 Å². The normalized spacial score (nSPS) is 17.4. The smallest absolute Gasteiger partial charge is 0.268 e. The lowest BCUT2D eigenvalue weighted by atomic mass is 10.1. The summed E-state index contributed by atoms with van der Waals surface area (Å²) in [4.78, 5) is 14.1. The van der Waals surface area contributed by atoms with Crippen molar-refractivity contribution in [3.05, 3.63) is 58.3 Å². The highest BCUT2D eigenvalue weighted by Gasteiger charge is 2.31. The number of para-hydroxylation sites is 2. The highest BCUT2D eigenvalue weighted by molar-refractivity contribution is 9.10. The molecule has 1 aliphatic heterocycles. The molecule has 2 aromatic rings. The number of halogens is 2. The molecule has 3 rings (SSSR count). The van der Waals surface area contributed by atoms with Gasteiger partial charge in [0.2, 0.25) is 0 Å². The summed E-state index contributed by atoms with van der Waals surface area (Å²) in [6, 6.07) is 11.9. The molecule has 1 aliphatic rings. The zero-order valence-electron chi connectivity index (χ0n) is 11.3. The summed E-state index contributed by atoms with van der Waals surface area (Å²) >= 11 is 3.34. The fraction of sp³-hybridized carbons (Fsp3) is 0.188. The second kappa shape index (κ2) is 5.48. The number of benzene rings is 2. The summed E-state index contributed by atoms with van der Waals surface area (Å²) in [7, 11) is 0. The summed E-state index contributed by atoms with van der Waals surface area (Å²) in [6.45, 7) is 2.09. The summed E-state index contributed by atoms with van der Waals surface area (Å²) in [5, 5.41) is 0. The van der Waals surface area contributed by atoms with E-state index in [0.29, 0.717) is 16.8 Å². The number of nitrogens with zero attached hydrogens (tertiary/aromatic N) is 1. The maximum absolute atomic E-state index is 13.2. The van der Waals surface area contributed by atoms with E-state index in [-0.39, 0.29) is 11.7 Å². The molecule has 0 bridgehead atoms. The number of amides is 1. The van der Waals surface area contributed by atoms with E-state index in [0.717, 1.165) is 11.3 Å². The lowest BCUT2D eigenvalue weighted by molar-refractivity contribution is -0.125. The molecular weight excluding hydrogens is 337 g/mol. The zero-order chi connectivity index (χ0) is 15.0. The first kappa shape index (κ1) is 14.1. The van der Waals surface area contributed by atoms with Crippen LogP contribution in [0.4, 0.5) is 10.1 Å². The van der Waals surface area contributed by atoms with Crippen LogP contribution < -0.4 is 9.64 Å². The molecule has 0 saturated carbocycles. The highest BCUT2D eigenvalue weighted by atomic mass is 79.9. The SMILES string of the molecule is CC1Oc2ccccc2N(Cc2ccc(F)cc2Br)C1=O. The van der Waals surface area contributed by atoms with Crippen molar-refractivity contribution < 1.29 is 13.9 Å². The molecule has 0 saturated heterocycles. The minimum absolute atomic E-state index is 0.107. The van der Waals surface area contributed by atoms with Crippen molar-refractivity contribution in [2.24, 2.45) is 0 Å². The van der Waals surface area contributed by atoms with Gasteiger partial charge < -0.3 is 9.64 Å². The van der Waals surface area contributed by atoms with Crippen molar-refractivity contribution in [3.8, 4) is 5.75 Å². The van der Waals surface area contributed by atoms with Crippen molar-refractivity contribution in [2.75, 3.05) is 4.90 Å². The van der Waals surface area contributed by atoms with Crippen LogP contribution in [0.1, 0.15) is 12.5 Å². The van der Waals surface area contributed by atoms with Crippen LogP contribution >= 0.6 is 15.9 Å². The lowest BCUT2D eigenvalue weighted by Crippen LogP contribution is -2.44. The first-order valence-corrected chi connectivity index (χ1v) is 7.36. The Morgan fingerprint density at radius 3 is 2.81 bits per heavy atom. The summed E-state index contributed by atoms with van der Waals surface area (Å²) in [6.07, 6.45) is -0.529. The molecule has 5 heteroatoms. The minimum Gasteiger partial charge on any atom is -0.479 e. The highest BCUT2D eigenvalue weighted by Crippen LogP contribution is 2.35. The molecule has 1 amide bonds. The van der Waals surface area contributed by atoms with Gasteiger partial charge in [0.05, 0.1) is 12.2 Å². The van der Waals surface area contributed by atoms with Crippen LogP contribution in [0.5, 0.6) is 5.75 Å². The summed E-state index contributed by atoms with van der Waals surface area (Å²) in [5.74, 6) is 0.264. The van der Waals surface area contributed by atoms with Crippen molar-refractivity contribution in [1.82, 2.24) is 0 Å². The van der Waals surface area contributed by atoms with Crippen molar-refractivity contribution in [1.29, 1.82) is 0 Å². The van der Waals surface area contributed by atoms with E-state index in [1.54, 1.807) is 17.9 Å². The minimum atomic E-state index is -0.529. The number of hydrogen-bond donors (Lipinski definition) is 0. The Hall–Kier alpha value is -1.88. The predicted molar refractivity (Wildman–Crippen MR) is 81.8 cm³/mol. The maximum Gasteiger partial charge on any atom is 0.268 e. The van der Waals surface area contributed by atoms with Crippen LogP contribution in [0.2, 0.25) is 0 Å². The molecule has 1 heterocycles. The molecule has 0 aliphatic carbocycles. The molecule has 0 radical (unpaired) electrons. The van der Waals surface area contributed by atoms with E-state index >= 15 is 0 Å². The molecule has 2 aromatic carbocycles. The molecule has 0 N–H and O–H groups in total. The van der Waals surface area contributed by atoms with Gasteiger partial charge in [0, 0.05) is 4.47 Å². The van der Waals surface area contributed by atoms with Gasteiger partial charge in [0.1, 0.15) is 11.6 Å². The Morgan fingerprint density at radius 2 is 2.05 bits per heavy atom. The van der Waals surface area contributed by atoms with Crippen LogP contribution in [0.3, 0.4) is 0 Å². The molecule has 1 unspecified atom stereocenters. The fourth-order valence-corrected chi connectivity index (χ4v) is 2.82. The Bertz CT molecular complexity index is 704. The molecule has 0 spiro atoms. The standard InChI is InChI=1S/C16H13BrFNO2/c1-10-16(20)19(14-4-2-3-5-15(14)21-10)9-11-6-7-12(18)8-13(11)17/h2-8,10H,9H2,1H3. The number of hydrogen-bond acceptors (Lipinski definition) is 2. The molecule has 3 nitrogen and oxygen atoms in total. The van der Waals surface area contributed by atoms with Gasteiger partial charge in [0.15, 0.2) is 6.10 Å². The van der Waals surface area contributed by atoms with E-state index in [1.807, 2.05) is 24.3 Å². The van der Waals surface area contributed by atoms with Gasteiger partial charge in [-0.25, -0.2) is 4.39 Å². The Kier molecular flexibility index (Phi) is 3.68. The number of rotatable bonds is 2. The zero-order valence-corrected chi connectivity index (χ0v) is 12.9. The van der Waals surface area contributed by atoms with Gasteiger partial charge in [-0.2, -0.15) is 0 Å². The number of carbonyl (C=O) groups excluding carboxylic acids is 1. The van der Waals surface area contributed by atoms with Gasteiger partial charge in [-0.3, -0.25) is 4.79 Å². The Labute approximate surface area is 130 Å². The third-order valence-corrected chi connectivity index (χ3v) is 4.16. The van der Waals surface area contributed by atoms with E-state index in [2.05, 4.69) is 15.9 Å². The first-order valence-electron chi connectivity index (χ1n) is 6.57. The number of anilines is 1. The van der Waals surface area contributed by atoms with Gasteiger partial charge >= 0.3 is 0 Å². The molecule has 108 valence electrons. The van der Waals surface area contributed by atoms with E-state index < -0.39 is 6.10 Å². The molecular formula is C16H13BrFNO2. The first-order chi connectivity index (χ1) is 10.1. The topological polar surface area (TPSA) is 29.5 Å². The van der Waals surface area contributed by atoms with E-state index in [1.165, 1.54) is 12.1 Å². The lowest BCUT2D eigenvalue weighted by Gasteiger charge is -2.33. The van der Waals surface area contributed by atoms with Gasteiger partial charge in [0.25, 0.3) is 5.91 Å². The average molecular weight is 350 g/mol. The number of fused-ring (bicyclic) bond motifs is 1. The van der Waals surface area contributed by atoms with E-state index in [4.69, 9.17) is 4.74 Å². The van der Waals surface area contributed by atoms with Crippen molar-refractivity contribution in [2.45, 2.75) is 19.6 Å².